The van der Waals surface area contributed by atoms with E-state index in [9.17, 15) is 4.79 Å². The molecular weight excluding hydrogens is 228 g/mol. The quantitative estimate of drug-likeness (QED) is 0.498. The van der Waals surface area contributed by atoms with E-state index in [1.165, 1.54) is 19.3 Å². The number of ether oxygens (including phenoxy) is 1. The zero-order valence-corrected chi connectivity index (χ0v) is 10.7. The minimum absolute atomic E-state index is 0.0341. The molecule has 0 saturated heterocycles. The van der Waals surface area contributed by atoms with Gasteiger partial charge in [0.2, 0.25) is 4.77 Å². The van der Waals surface area contributed by atoms with Gasteiger partial charge in [0.15, 0.2) is 0 Å². The van der Waals surface area contributed by atoms with Crippen molar-refractivity contribution in [2.45, 2.75) is 50.2 Å². The van der Waals surface area contributed by atoms with E-state index in [0.29, 0.717) is 6.42 Å². The third-order valence-corrected chi connectivity index (χ3v) is 4.21. The van der Waals surface area contributed by atoms with Crippen LogP contribution in [0.4, 0.5) is 0 Å². The number of unbranched alkanes of at least 4 members (excludes halogenated alkanes) is 4. The van der Waals surface area contributed by atoms with Crippen LogP contribution in [0.2, 0.25) is 0 Å². The minimum Gasteiger partial charge on any atom is -0.440 e. The topological polar surface area (TPSA) is 26.3 Å². The second-order valence-corrected chi connectivity index (χ2v) is 5.73. The van der Waals surface area contributed by atoms with Crippen LogP contribution in [0, 0.1) is 0 Å². The first-order valence-electron chi connectivity index (χ1n) is 5.48. The summed E-state index contributed by atoms with van der Waals surface area (Å²) in [5, 5.41) is 3.92. The van der Waals surface area contributed by atoms with Crippen molar-refractivity contribution in [2.75, 3.05) is 0 Å². The molecule has 0 radical (unpaired) electrons. The van der Waals surface area contributed by atoms with Crippen molar-refractivity contribution in [1.82, 2.24) is 0 Å². The molecule has 0 aromatic heterocycles. The summed E-state index contributed by atoms with van der Waals surface area (Å²) < 4.78 is 5.21. The maximum absolute atomic E-state index is 11.4. The molecule has 0 amide bonds. The Morgan fingerprint density at radius 2 is 1.87 bits per heavy atom. The van der Waals surface area contributed by atoms with E-state index in [2.05, 4.69) is 6.92 Å². The molecule has 0 spiro atoms. The Balaban J connectivity index is 1.94. The molecule has 0 aromatic carbocycles. The van der Waals surface area contributed by atoms with Crippen molar-refractivity contribution >= 4 is 29.5 Å². The zero-order chi connectivity index (χ0) is 10.9. The highest BCUT2D eigenvalue weighted by atomic mass is 32.2. The predicted octanol–water partition coefficient (Wildman–Crippen LogP) is 4.12. The molecule has 0 unspecified atom stereocenters. The Morgan fingerprint density at radius 3 is 2.53 bits per heavy atom. The van der Waals surface area contributed by atoms with Crippen molar-refractivity contribution < 1.29 is 9.53 Å². The van der Waals surface area contributed by atoms with E-state index >= 15 is 0 Å². The predicted molar refractivity (Wildman–Crippen MR) is 67.6 cm³/mol. The second-order valence-electron chi connectivity index (χ2n) is 3.49. The van der Waals surface area contributed by atoms with Gasteiger partial charge >= 0.3 is 5.97 Å². The van der Waals surface area contributed by atoms with Crippen molar-refractivity contribution in [3.8, 4) is 0 Å². The summed E-state index contributed by atoms with van der Waals surface area (Å²) in [5.74, 6) is -0.0554. The van der Waals surface area contributed by atoms with Gasteiger partial charge in [-0.3, -0.25) is 4.79 Å². The summed E-state index contributed by atoms with van der Waals surface area (Å²) in [4.78, 5) is 11.4. The van der Waals surface area contributed by atoms with Crippen molar-refractivity contribution in [3.05, 3.63) is 10.8 Å². The normalized spacial score (nSPS) is 15.8. The highest BCUT2D eigenvalue weighted by Crippen LogP contribution is 2.34. The third-order valence-electron chi connectivity index (χ3n) is 2.15. The van der Waals surface area contributed by atoms with Gasteiger partial charge in [0.25, 0.3) is 0 Å². The first-order chi connectivity index (χ1) is 7.33. The molecule has 86 valence electrons. The van der Waals surface area contributed by atoms with Gasteiger partial charge < -0.3 is 4.74 Å². The van der Waals surface area contributed by atoms with Gasteiger partial charge in [0.05, 0.1) is 0 Å². The molecule has 1 heterocycles. The molecule has 1 aliphatic rings. The lowest BCUT2D eigenvalue weighted by atomic mass is 10.1. The molecule has 0 aliphatic carbocycles. The molecule has 2 nitrogen and oxygen atoms in total. The Bertz CT molecular complexity index is 209. The summed E-state index contributed by atoms with van der Waals surface area (Å²) in [6.07, 6.45) is 6.43. The standard InChI is InChI=1S/C11H18O2S2/c1-2-3-4-5-6-7-10(12)13-11-14-8-9-15-11/h8-9,11H,2-7H2,1H3. The van der Waals surface area contributed by atoms with Crippen LogP contribution >= 0.6 is 23.5 Å². The van der Waals surface area contributed by atoms with Gasteiger partial charge in [-0.15, -0.1) is 0 Å². The van der Waals surface area contributed by atoms with Gasteiger partial charge in [0, 0.05) is 6.42 Å². The second kappa shape index (κ2) is 8.11. The third kappa shape index (κ3) is 6.15. The number of rotatable bonds is 7. The van der Waals surface area contributed by atoms with E-state index in [-0.39, 0.29) is 10.7 Å². The van der Waals surface area contributed by atoms with Gasteiger partial charge in [-0.25, -0.2) is 0 Å². The van der Waals surface area contributed by atoms with Crippen LogP contribution in [-0.2, 0) is 9.53 Å². The molecule has 0 saturated carbocycles. The number of hydrogen-bond donors (Lipinski definition) is 0. The van der Waals surface area contributed by atoms with E-state index in [4.69, 9.17) is 4.74 Å². The Morgan fingerprint density at radius 1 is 1.20 bits per heavy atom. The number of carbonyl (C=O) groups excluding carboxylic acids is 1. The maximum Gasteiger partial charge on any atom is 0.307 e. The van der Waals surface area contributed by atoms with Crippen LogP contribution in [0.5, 0.6) is 0 Å². The summed E-state index contributed by atoms with van der Waals surface area (Å²) in [6.45, 7) is 2.19. The first kappa shape index (κ1) is 13.0. The van der Waals surface area contributed by atoms with Crippen molar-refractivity contribution in [3.63, 3.8) is 0 Å². The highest BCUT2D eigenvalue weighted by Gasteiger charge is 2.16. The smallest absolute Gasteiger partial charge is 0.307 e. The average Bonchev–Trinajstić information content (AvgIpc) is 2.70. The first-order valence-corrected chi connectivity index (χ1v) is 7.37. The lowest BCUT2D eigenvalue weighted by Crippen LogP contribution is -2.09. The Hall–Kier alpha value is -0.0900. The molecule has 0 aromatic rings. The molecule has 1 rings (SSSR count). The van der Waals surface area contributed by atoms with Crippen LogP contribution in [0.3, 0.4) is 0 Å². The van der Waals surface area contributed by atoms with Gasteiger partial charge in [-0.1, -0.05) is 56.1 Å². The fourth-order valence-corrected chi connectivity index (χ4v) is 3.06. The van der Waals surface area contributed by atoms with E-state index in [0.717, 1.165) is 12.8 Å². The minimum atomic E-state index is -0.0554. The average molecular weight is 246 g/mol. The lowest BCUT2D eigenvalue weighted by molar-refractivity contribution is -0.142. The molecule has 4 heteroatoms. The summed E-state index contributed by atoms with van der Waals surface area (Å²) in [5.41, 5.74) is 0. The fourth-order valence-electron chi connectivity index (χ4n) is 1.32. The van der Waals surface area contributed by atoms with E-state index in [1.54, 1.807) is 23.5 Å². The number of thioether (sulfide) groups is 2. The van der Waals surface area contributed by atoms with Gasteiger partial charge in [-0.05, 0) is 17.2 Å². The summed E-state index contributed by atoms with van der Waals surface area (Å²) in [7, 11) is 0. The summed E-state index contributed by atoms with van der Waals surface area (Å²) in [6, 6.07) is 0. The molecule has 0 bridgehead atoms. The molecule has 0 atom stereocenters. The van der Waals surface area contributed by atoms with Crippen LogP contribution in [0.25, 0.3) is 0 Å². The summed E-state index contributed by atoms with van der Waals surface area (Å²) >= 11 is 3.11. The van der Waals surface area contributed by atoms with Crippen LogP contribution in [-0.4, -0.2) is 10.7 Å². The van der Waals surface area contributed by atoms with Crippen LogP contribution < -0.4 is 0 Å². The Labute approximate surface area is 100 Å². The van der Waals surface area contributed by atoms with Crippen molar-refractivity contribution in [2.24, 2.45) is 0 Å². The molecule has 15 heavy (non-hydrogen) atoms. The number of esters is 1. The fraction of sp³-hybridized carbons (Fsp3) is 0.727. The van der Waals surface area contributed by atoms with Gasteiger partial charge in [0.1, 0.15) is 0 Å². The van der Waals surface area contributed by atoms with Gasteiger partial charge in [-0.2, -0.15) is 0 Å². The van der Waals surface area contributed by atoms with Crippen molar-refractivity contribution in [1.29, 1.82) is 0 Å². The lowest BCUT2D eigenvalue weighted by Gasteiger charge is -2.09. The van der Waals surface area contributed by atoms with Crippen LogP contribution in [0.15, 0.2) is 10.8 Å². The zero-order valence-electron chi connectivity index (χ0n) is 9.11. The number of hydrogen-bond acceptors (Lipinski definition) is 4. The number of carbonyl (C=O) groups is 1. The van der Waals surface area contributed by atoms with Crippen LogP contribution in [0.1, 0.15) is 45.4 Å². The SMILES string of the molecule is CCCCCCCC(=O)OC1SC=CS1. The highest BCUT2D eigenvalue weighted by molar-refractivity contribution is 8.22. The maximum atomic E-state index is 11.4. The molecule has 0 N–H and O–H groups in total. The largest absolute Gasteiger partial charge is 0.440 e. The molecule has 1 aliphatic heterocycles. The Kier molecular flexibility index (Phi) is 7.01. The van der Waals surface area contributed by atoms with E-state index in [1.807, 2.05) is 10.8 Å². The molecule has 0 fully saturated rings. The monoisotopic (exact) mass is 246 g/mol. The van der Waals surface area contributed by atoms with E-state index < -0.39 is 0 Å². The molecular formula is C11H18O2S2.